The number of likely N-dealkylation sites (N-methyl/N-ethyl adjacent to an activating group) is 1. The van der Waals surface area contributed by atoms with Gasteiger partial charge in [-0.2, -0.15) is 0 Å². The number of carbonyl (C=O) groups excluding carboxylic acids is 3. The molecule has 0 spiro atoms. The Bertz CT molecular complexity index is 821. The number of amides is 2. The van der Waals surface area contributed by atoms with E-state index in [0.717, 1.165) is 5.56 Å². The van der Waals surface area contributed by atoms with Gasteiger partial charge in [-0.15, -0.1) is 0 Å². The Hall–Kier alpha value is -2.42. The predicted octanol–water partition coefficient (Wildman–Crippen LogP) is 0.304. The summed E-state index contributed by atoms with van der Waals surface area (Å²) in [5.74, 6) is -1.59. The fraction of sp³-hybridized carbons (Fsp3) is 0.500. The highest BCUT2D eigenvalue weighted by atomic mass is 32.2. The third-order valence-electron chi connectivity index (χ3n) is 4.34. The van der Waals surface area contributed by atoms with Crippen LogP contribution < -0.4 is 5.32 Å². The first kappa shape index (κ1) is 20.9. The minimum atomic E-state index is -3.11. The molecule has 1 aliphatic heterocycles. The summed E-state index contributed by atoms with van der Waals surface area (Å²) in [6, 6.07) is 6.53. The second kappa shape index (κ2) is 8.98. The van der Waals surface area contributed by atoms with Crippen LogP contribution in [0.4, 0.5) is 0 Å². The van der Waals surface area contributed by atoms with Crippen molar-refractivity contribution < 1.29 is 27.5 Å². The van der Waals surface area contributed by atoms with Crippen molar-refractivity contribution in [1.29, 1.82) is 0 Å². The number of ether oxygens (including phenoxy) is 1. The van der Waals surface area contributed by atoms with Crippen LogP contribution in [0.2, 0.25) is 0 Å². The number of aryl methyl sites for hydroxylation is 1. The minimum Gasteiger partial charge on any atom is -0.454 e. The fourth-order valence-corrected chi connectivity index (χ4v) is 4.71. The Labute approximate surface area is 158 Å². The molecule has 2 rings (SSSR count). The van der Waals surface area contributed by atoms with Gasteiger partial charge in [0.05, 0.1) is 11.5 Å². The lowest BCUT2D eigenvalue weighted by molar-refractivity contribution is -0.151. The lowest BCUT2D eigenvalue weighted by Crippen LogP contribution is -2.43. The Morgan fingerprint density at radius 3 is 2.63 bits per heavy atom. The van der Waals surface area contributed by atoms with E-state index in [-0.39, 0.29) is 24.1 Å². The highest BCUT2D eigenvalue weighted by Gasteiger charge is 2.34. The Kier molecular flexibility index (Phi) is 6.95. The molecule has 0 bridgehead atoms. The second-order valence-corrected chi connectivity index (χ2v) is 8.68. The maximum absolute atomic E-state index is 12.2. The van der Waals surface area contributed by atoms with Crippen molar-refractivity contribution in [3.8, 4) is 0 Å². The molecular formula is C18H24N2O6S. The van der Waals surface area contributed by atoms with Gasteiger partial charge < -0.3 is 15.0 Å². The van der Waals surface area contributed by atoms with Crippen molar-refractivity contribution >= 4 is 27.6 Å². The second-order valence-electron chi connectivity index (χ2n) is 6.45. The number of nitrogens with one attached hydrogen (secondary N) is 1. The summed E-state index contributed by atoms with van der Waals surface area (Å²) in [6.45, 7) is 3.09. The van der Waals surface area contributed by atoms with Gasteiger partial charge in [-0.3, -0.25) is 14.4 Å². The van der Waals surface area contributed by atoms with Crippen LogP contribution in [0.3, 0.4) is 0 Å². The molecule has 148 valence electrons. The summed E-state index contributed by atoms with van der Waals surface area (Å²) in [5, 5.41) is 2.44. The average molecular weight is 396 g/mol. The van der Waals surface area contributed by atoms with Crippen molar-refractivity contribution in [2.75, 3.05) is 31.2 Å². The zero-order valence-corrected chi connectivity index (χ0v) is 16.3. The predicted molar refractivity (Wildman–Crippen MR) is 98.9 cm³/mol. The Morgan fingerprint density at radius 2 is 2.04 bits per heavy atom. The van der Waals surface area contributed by atoms with Crippen molar-refractivity contribution in [2.45, 2.75) is 26.3 Å². The summed E-state index contributed by atoms with van der Waals surface area (Å²) in [4.78, 5) is 37.4. The SMILES string of the molecule is CCN(C(=O)COC(=O)CNC(=O)c1cccc(C)c1)C1CCS(=O)(=O)C1. The van der Waals surface area contributed by atoms with Gasteiger partial charge in [0.1, 0.15) is 6.54 Å². The van der Waals surface area contributed by atoms with Crippen molar-refractivity contribution in [1.82, 2.24) is 10.2 Å². The molecule has 1 saturated heterocycles. The molecule has 1 atom stereocenters. The molecule has 1 aromatic rings. The molecule has 1 heterocycles. The van der Waals surface area contributed by atoms with E-state index in [1.54, 1.807) is 25.1 Å². The lowest BCUT2D eigenvalue weighted by Gasteiger charge is -2.26. The van der Waals surface area contributed by atoms with E-state index >= 15 is 0 Å². The first-order valence-electron chi connectivity index (χ1n) is 8.72. The third-order valence-corrected chi connectivity index (χ3v) is 6.09. The normalized spacial score (nSPS) is 17.9. The quantitative estimate of drug-likeness (QED) is 0.664. The van der Waals surface area contributed by atoms with Crippen LogP contribution in [0.15, 0.2) is 24.3 Å². The molecule has 9 heteroatoms. The molecule has 1 aromatic carbocycles. The maximum Gasteiger partial charge on any atom is 0.325 e. The summed E-state index contributed by atoms with van der Waals surface area (Å²) in [5.41, 5.74) is 1.35. The lowest BCUT2D eigenvalue weighted by atomic mass is 10.1. The van der Waals surface area contributed by atoms with E-state index in [2.05, 4.69) is 5.32 Å². The topological polar surface area (TPSA) is 110 Å². The van der Waals surface area contributed by atoms with Crippen LogP contribution in [0.5, 0.6) is 0 Å². The Balaban J connectivity index is 1.78. The first-order valence-corrected chi connectivity index (χ1v) is 10.5. The van der Waals surface area contributed by atoms with Crippen LogP contribution in [0, 0.1) is 6.92 Å². The number of sulfone groups is 1. The van der Waals surface area contributed by atoms with Crippen LogP contribution in [0.1, 0.15) is 29.3 Å². The van der Waals surface area contributed by atoms with E-state index in [1.165, 1.54) is 4.90 Å². The van der Waals surface area contributed by atoms with Gasteiger partial charge in [0, 0.05) is 18.2 Å². The molecule has 0 aliphatic carbocycles. The summed E-state index contributed by atoms with van der Waals surface area (Å²) >= 11 is 0. The van der Waals surface area contributed by atoms with E-state index in [4.69, 9.17) is 4.74 Å². The molecule has 1 N–H and O–H groups in total. The zero-order valence-electron chi connectivity index (χ0n) is 15.4. The van der Waals surface area contributed by atoms with Crippen LogP contribution >= 0.6 is 0 Å². The average Bonchev–Trinajstić information content (AvgIpc) is 2.98. The van der Waals surface area contributed by atoms with Crippen LogP contribution in [0.25, 0.3) is 0 Å². The van der Waals surface area contributed by atoms with Gasteiger partial charge in [-0.05, 0) is 32.4 Å². The monoisotopic (exact) mass is 396 g/mol. The van der Waals surface area contributed by atoms with E-state index in [9.17, 15) is 22.8 Å². The molecule has 0 saturated carbocycles. The standard InChI is InChI=1S/C18H24N2O6S/c1-3-20(15-7-8-27(24,25)12-15)16(21)11-26-17(22)10-19-18(23)14-6-4-5-13(2)9-14/h4-6,9,15H,3,7-8,10-12H2,1-2H3,(H,19,23). The van der Waals surface area contributed by atoms with Crippen LogP contribution in [-0.2, 0) is 24.2 Å². The molecule has 0 aromatic heterocycles. The molecule has 0 radical (unpaired) electrons. The number of hydrogen-bond acceptors (Lipinski definition) is 6. The van der Waals surface area contributed by atoms with Gasteiger partial charge >= 0.3 is 5.97 Å². The highest BCUT2D eigenvalue weighted by Crippen LogP contribution is 2.17. The van der Waals surface area contributed by atoms with Crippen molar-refractivity contribution in [2.24, 2.45) is 0 Å². The summed E-state index contributed by atoms with van der Waals surface area (Å²) < 4.78 is 28.1. The number of esters is 1. The van der Waals surface area contributed by atoms with Gasteiger partial charge in [-0.1, -0.05) is 17.7 Å². The molecule has 8 nitrogen and oxygen atoms in total. The number of benzene rings is 1. The first-order chi connectivity index (χ1) is 12.7. The van der Waals surface area contributed by atoms with Crippen molar-refractivity contribution in [3.05, 3.63) is 35.4 Å². The van der Waals surface area contributed by atoms with Gasteiger partial charge in [0.2, 0.25) is 0 Å². The minimum absolute atomic E-state index is 0.0617. The summed E-state index contributed by atoms with van der Waals surface area (Å²) in [7, 11) is -3.11. The van der Waals surface area contributed by atoms with Gasteiger partial charge in [0.15, 0.2) is 16.4 Å². The van der Waals surface area contributed by atoms with Crippen molar-refractivity contribution in [3.63, 3.8) is 0 Å². The van der Waals surface area contributed by atoms with E-state index < -0.39 is 34.2 Å². The molecule has 2 amide bonds. The molecule has 27 heavy (non-hydrogen) atoms. The van der Waals surface area contributed by atoms with Gasteiger partial charge in [0.25, 0.3) is 11.8 Å². The molecule has 1 aliphatic rings. The number of hydrogen-bond donors (Lipinski definition) is 1. The maximum atomic E-state index is 12.2. The highest BCUT2D eigenvalue weighted by molar-refractivity contribution is 7.91. The number of rotatable bonds is 7. The largest absolute Gasteiger partial charge is 0.454 e. The number of carbonyl (C=O) groups is 3. The third kappa shape index (κ3) is 6.06. The van der Waals surface area contributed by atoms with Gasteiger partial charge in [-0.25, -0.2) is 8.42 Å². The fourth-order valence-electron chi connectivity index (χ4n) is 2.98. The van der Waals surface area contributed by atoms with E-state index in [1.807, 2.05) is 13.0 Å². The van der Waals surface area contributed by atoms with E-state index in [0.29, 0.717) is 18.5 Å². The molecule has 1 unspecified atom stereocenters. The molecule has 1 fully saturated rings. The Morgan fingerprint density at radius 1 is 1.30 bits per heavy atom. The summed E-state index contributed by atoms with van der Waals surface area (Å²) in [6.07, 6.45) is 0.391. The number of nitrogens with zero attached hydrogens (tertiary/aromatic N) is 1. The molecular weight excluding hydrogens is 372 g/mol. The van der Waals surface area contributed by atoms with Crippen LogP contribution in [-0.4, -0.2) is 68.3 Å². The smallest absolute Gasteiger partial charge is 0.325 e. The zero-order chi connectivity index (χ0) is 20.0.